The highest BCUT2D eigenvalue weighted by Crippen LogP contribution is 2.18. The summed E-state index contributed by atoms with van der Waals surface area (Å²) in [5.74, 6) is -0.153. The molecule has 0 spiro atoms. The third-order valence-electron chi connectivity index (χ3n) is 4.94. The number of fused-ring (bicyclic) bond motifs is 1. The highest BCUT2D eigenvalue weighted by molar-refractivity contribution is 6.29. The summed E-state index contributed by atoms with van der Waals surface area (Å²) in [5.41, 5.74) is 6.31. The van der Waals surface area contributed by atoms with Crippen molar-refractivity contribution in [3.8, 4) is 0 Å². The fraction of sp³-hybridized carbons (Fsp3) is 0.125. The number of aryl methyl sites for hydroxylation is 2. The Balaban J connectivity index is 1.46. The average Bonchev–Trinajstić information content (AvgIpc) is 3.09. The lowest BCUT2D eigenvalue weighted by Crippen LogP contribution is -2.12. The van der Waals surface area contributed by atoms with Crippen LogP contribution in [0.5, 0.6) is 0 Å². The Labute approximate surface area is 180 Å². The Hall–Kier alpha value is -3.44. The number of imidazole rings is 1. The van der Waals surface area contributed by atoms with E-state index in [4.69, 9.17) is 11.6 Å². The summed E-state index contributed by atoms with van der Waals surface area (Å²) >= 11 is 5.80. The van der Waals surface area contributed by atoms with Gasteiger partial charge in [0, 0.05) is 23.7 Å². The van der Waals surface area contributed by atoms with Crippen molar-refractivity contribution >= 4 is 41.0 Å². The minimum absolute atomic E-state index is 0.153. The fourth-order valence-electron chi connectivity index (χ4n) is 3.25. The second-order valence-corrected chi connectivity index (χ2v) is 7.35. The minimum atomic E-state index is -0.153. The van der Waals surface area contributed by atoms with Crippen molar-refractivity contribution in [1.29, 1.82) is 0 Å². The van der Waals surface area contributed by atoms with Crippen LogP contribution in [0.1, 0.15) is 39.8 Å². The number of hydrogen-bond acceptors (Lipinski definition) is 3. The normalized spacial score (nSPS) is 11.3. The zero-order valence-electron chi connectivity index (χ0n) is 16.8. The highest BCUT2D eigenvalue weighted by atomic mass is 35.5. The van der Waals surface area contributed by atoms with E-state index in [0.29, 0.717) is 10.7 Å². The molecule has 1 amide bonds. The van der Waals surface area contributed by atoms with E-state index in [1.165, 1.54) is 0 Å². The minimum Gasteiger partial charge on any atom is -0.321 e. The molecule has 30 heavy (non-hydrogen) atoms. The molecular formula is C24H21ClN4O. The molecule has 4 aromatic rings. The number of amides is 1. The van der Waals surface area contributed by atoms with E-state index in [2.05, 4.69) is 22.2 Å². The zero-order chi connectivity index (χ0) is 21.1. The predicted molar refractivity (Wildman–Crippen MR) is 122 cm³/mol. The summed E-state index contributed by atoms with van der Waals surface area (Å²) < 4.78 is 2.01. The Morgan fingerprint density at radius 3 is 2.50 bits per heavy atom. The SMILES string of the molecule is CCc1nc2ccc(NC(=O)c3ccc(C=Cc4ccc(Cl)nc4)cc3)cn2c1C. The van der Waals surface area contributed by atoms with Gasteiger partial charge in [-0.05, 0) is 54.8 Å². The van der Waals surface area contributed by atoms with Crippen LogP contribution >= 0.6 is 11.6 Å². The number of carbonyl (C=O) groups is 1. The Morgan fingerprint density at radius 2 is 1.80 bits per heavy atom. The molecule has 3 aromatic heterocycles. The van der Waals surface area contributed by atoms with Crippen molar-refractivity contribution < 1.29 is 4.79 Å². The molecule has 0 radical (unpaired) electrons. The molecule has 4 rings (SSSR count). The monoisotopic (exact) mass is 416 g/mol. The summed E-state index contributed by atoms with van der Waals surface area (Å²) in [7, 11) is 0. The van der Waals surface area contributed by atoms with Crippen molar-refractivity contribution in [2.75, 3.05) is 5.32 Å². The molecule has 0 saturated heterocycles. The van der Waals surface area contributed by atoms with Crippen LogP contribution in [0.15, 0.2) is 60.9 Å². The zero-order valence-corrected chi connectivity index (χ0v) is 17.5. The van der Waals surface area contributed by atoms with Gasteiger partial charge >= 0.3 is 0 Å². The number of nitrogens with zero attached hydrogens (tertiary/aromatic N) is 3. The quantitative estimate of drug-likeness (QED) is 0.426. The topological polar surface area (TPSA) is 59.3 Å². The molecule has 150 valence electrons. The van der Waals surface area contributed by atoms with Crippen LogP contribution in [0.25, 0.3) is 17.8 Å². The lowest BCUT2D eigenvalue weighted by atomic mass is 10.1. The average molecular weight is 417 g/mol. The van der Waals surface area contributed by atoms with Crippen LogP contribution < -0.4 is 5.32 Å². The summed E-state index contributed by atoms with van der Waals surface area (Å²) in [6.07, 6.45) is 8.42. The molecule has 0 aliphatic heterocycles. The van der Waals surface area contributed by atoms with Gasteiger partial charge in [0.15, 0.2) is 0 Å². The van der Waals surface area contributed by atoms with E-state index in [1.807, 2.05) is 72.1 Å². The molecule has 0 aliphatic carbocycles. The molecule has 0 bridgehead atoms. The van der Waals surface area contributed by atoms with E-state index in [-0.39, 0.29) is 5.91 Å². The van der Waals surface area contributed by atoms with Crippen LogP contribution in [0.3, 0.4) is 0 Å². The summed E-state index contributed by atoms with van der Waals surface area (Å²) in [4.78, 5) is 21.3. The van der Waals surface area contributed by atoms with Crippen molar-refractivity contribution in [3.05, 3.63) is 94.2 Å². The number of pyridine rings is 2. The van der Waals surface area contributed by atoms with Gasteiger partial charge in [0.2, 0.25) is 0 Å². The van der Waals surface area contributed by atoms with Crippen LogP contribution in [0, 0.1) is 6.92 Å². The lowest BCUT2D eigenvalue weighted by molar-refractivity contribution is 0.102. The number of rotatable bonds is 5. The molecule has 0 aliphatic rings. The number of nitrogens with one attached hydrogen (secondary N) is 1. The molecule has 0 unspecified atom stereocenters. The molecule has 5 nitrogen and oxygen atoms in total. The maximum Gasteiger partial charge on any atom is 0.255 e. The molecule has 0 saturated carbocycles. The number of anilines is 1. The first kappa shape index (κ1) is 19.9. The number of benzene rings is 1. The Morgan fingerprint density at radius 1 is 1.07 bits per heavy atom. The smallest absolute Gasteiger partial charge is 0.255 e. The largest absolute Gasteiger partial charge is 0.321 e. The van der Waals surface area contributed by atoms with Crippen LogP contribution in [-0.2, 0) is 6.42 Å². The number of hydrogen-bond donors (Lipinski definition) is 1. The molecule has 3 heterocycles. The first-order chi connectivity index (χ1) is 14.5. The molecule has 0 atom stereocenters. The highest BCUT2D eigenvalue weighted by Gasteiger charge is 2.09. The first-order valence-electron chi connectivity index (χ1n) is 9.72. The Kier molecular flexibility index (Phi) is 5.63. The second kappa shape index (κ2) is 8.51. The maximum absolute atomic E-state index is 12.6. The van der Waals surface area contributed by atoms with Gasteiger partial charge in [0.25, 0.3) is 5.91 Å². The summed E-state index contributed by atoms with van der Waals surface area (Å²) in [5, 5.41) is 3.43. The van der Waals surface area contributed by atoms with Crippen molar-refractivity contribution in [1.82, 2.24) is 14.4 Å². The van der Waals surface area contributed by atoms with Crippen molar-refractivity contribution in [3.63, 3.8) is 0 Å². The first-order valence-corrected chi connectivity index (χ1v) is 10.1. The van der Waals surface area contributed by atoms with Crippen LogP contribution in [-0.4, -0.2) is 20.3 Å². The molecule has 1 N–H and O–H groups in total. The van der Waals surface area contributed by atoms with Gasteiger partial charge in [0.05, 0.1) is 11.4 Å². The van der Waals surface area contributed by atoms with E-state index in [1.54, 1.807) is 12.3 Å². The number of aromatic nitrogens is 3. The third kappa shape index (κ3) is 4.26. The second-order valence-electron chi connectivity index (χ2n) is 6.97. The fourth-order valence-corrected chi connectivity index (χ4v) is 3.36. The molecule has 6 heteroatoms. The lowest BCUT2D eigenvalue weighted by Gasteiger charge is -2.07. The molecule has 0 fully saturated rings. The van der Waals surface area contributed by atoms with Gasteiger partial charge in [-0.15, -0.1) is 0 Å². The van der Waals surface area contributed by atoms with E-state index in [0.717, 1.165) is 40.3 Å². The van der Waals surface area contributed by atoms with Gasteiger partial charge < -0.3 is 9.72 Å². The van der Waals surface area contributed by atoms with Crippen molar-refractivity contribution in [2.24, 2.45) is 0 Å². The summed E-state index contributed by atoms with van der Waals surface area (Å²) in [6, 6.07) is 14.9. The van der Waals surface area contributed by atoms with Crippen molar-refractivity contribution in [2.45, 2.75) is 20.3 Å². The maximum atomic E-state index is 12.6. The van der Waals surface area contributed by atoms with Gasteiger partial charge in [-0.2, -0.15) is 0 Å². The van der Waals surface area contributed by atoms with E-state index < -0.39 is 0 Å². The standard InChI is InChI=1S/C24H21ClN4O/c1-3-21-16(2)29-15-20(11-13-23(29)28-21)27-24(30)19-9-6-17(7-10-19)4-5-18-8-12-22(25)26-14-18/h4-15H,3H2,1-2H3,(H,27,30). The van der Waals surface area contributed by atoms with Gasteiger partial charge in [-0.25, -0.2) is 9.97 Å². The van der Waals surface area contributed by atoms with E-state index in [9.17, 15) is 4.79 Å². The Bertz CT molecular complexity index is 1220. The van der Waals surface area contributed by atoms with Gasteiger partial charge in [0.1, 0.15) is 10.8 Å². The van der Waals surface area contributed by atoms with Crippen LogP contribution in [0.4, 0.5) is 5.69 Å². The van der Waals surface area contributed by atoms with Crippen LogP contribution in [0.2, 0.25) is 5.15 Å². The third-order valence-corrected chi connectivity index (χ3v) is 5.16. The molecular weight excluding hydrogens is 396 g/mol. The number of carbonyl (C=O) groups excluding carboxylic acids is 1. The van der Waals surface area contributed by atoms with Gasteiger partial charge in [-0.1, -0.05) is 48.9 Å². The predicted octanol–water partition coefficient (Wildman–Crippen LogP) is 5.68. The number of halogens is 1. The van der Waals surface area contributed by atoms with Gasteiger partial charge in [-0.3, -0.25) is 4.79 Å². The van der Waals surface area contributed by atoms with E-state index >= 15 is 0 Å². The summed E-state index contributed by atoms with van der Waals surface area (Å²) in [6.45, 7) is 4.12. The molecule has 1 aromatic carbocycles.